The van der Waals surface area contributed by atoms with E-state index in [9.17, 15) is 0 Å². The summed E-state index contributed by atoms with van der Waals surface area (Å²) in [6.07, 6.45) is 23.5. The van der Waals surface area contributed by atoms with Crippen molar-refractivity contribution < 1.29 is 26.2 Å². The molecule has 0 unspecified atom stereocenters. The van der Waals surface area contributed by atoms with Gasteiger partial charge in [-0.1, -0.05) is 48.5 Å². The van der Waals surface area contributed by atoms with Crippen LogP contribution in [-0.4, -0.2) is 0 Å². The monoisotopic (exact) mass is 474 g/mol. The summed E-state index contributed by atoms with van der Waals surface area (Å²) in [5.41, 5.74) is 4.35. The first kappa shape index (κ1) is 25.5. The van der Waals surface area contributed by atoms with Gasteiger partial charge in [0.1, 0.15) is 0 Å². The maximum Gasteiger partial charge on any atom is 2.00 e. The SMILES string of the molecule is [C-](=C(c1[c-]cccc1)c1ccccc1)c1ccccc1.[CH]1[CH][CH][CH][CH]1.[CH]1[CH][CH][CH][CH]1.[Zr+2]. The topological polar surface area (TPSA) is 0 Å². The van der Waals surface area contributed by atoms with Crippen LogP contribution in [0.3, 0.4) is 0 Å². The van der Waals surface area contributed by atoms with E-state index in [1.807, 2.05) is 119 Å². The Labute approximate surface area is 208 Å². The van der Waals surface area contributed by atoms with E-state index >= 15 is 0 Å². The molecular formula is C30H24Zr. The van der Waals surface area contributed by atoms with Crippen LogP contribution in [0.5, 0.6) is 0 Å². The van der Waals surface area contributed by atoms with Gasteiger partial charge in [0, 0.05) is 0 Å². The molecule has 3 aromatic carbocycles. The molecule has 0 spiro atoms. The molecule has 0 heterocycles. The van der Waals surface area contributed by atoms with Crippen LogP contribution in [0.1, 0.15) is 16.7 Å². The largest absolute Gasteiger partial charge is 2.00 e. The van der Waals surface area contributed by atoms with Gasteiger partial charge in [-0.25, -0.2) is 5.56 Å². The third-order valence-corrected chi connectivity index (χ3v) is 4.20. The zero-order valence-electron chi connectivity index (χ0n) is 17.4. The Morgan fingerprint density at radius 3 is 1.42 bits per heavy atom. The average Bonchev–Trinajstić information content (AvgIpc) is 3.59. The molecule has 3 aromatic rings. The van der Waals surface area contributed by atoms with Crippen molar-refractivity contribution in [2.45, 2.75) is 0 Å². The Morgan fingerprint density at radius 1 is 0.516 bits per heavy atom. The Kier molecular flexibility index (Phi) is 13.2. The molecule has 0 nitrogen and oxygen atoms in total. The summed E-state index contributed by atoms with van der Waals surface area (Å²) in [5, 5.41) is 0. The molecule has 0 atom stereocenters. The van der Waals surface area contributed by atoms with Crippen molar-refractivity contribution >= 4 is 5.57 Å². The first-order valence-electron chi connectivity index (χ1n) is 9.98. The van der Waals surface area contributed by atoms with Gasteiger partial charge in [0.25, 0.3) is 0 Å². The molecule has 0 bridgehead atoms. The predicted octanol–water partition coefficient (Wildman–Crippen LogP) is 6.81. The van der Waals surface area contributed by atoms with E-state index in [0.29, 0.717) is 0 Å². The fourth-order valence-electron chi connectivity index (χ4n) is 2.76. The van der Waals surface area contributed by atoms with Crippen molar-refractivity contribution in [2.75, 3.05) is 0 Å². The van der Waals surface area contributed by atoms with Crippen LogP contribution >= 0.6 is 0 Å². The molecule has 5 rings (SSSR count). The summed E-state index contributed by atoms with van der Waals surface area (Å²) in [4.78, 5) is 0. The van der Waals surface area contributed by atoms with Gasteiger partial charge < -0.3 is 0 Å². The second-order valence-corrected chi connectivity index (χ2v) is 6.43. The minimum absolute atomic E-state index is 0. The smallest absolute Gasteiger partial charge is 0.209 e. The third kappa shape index (κ3) is 9.96. The van der Waals surface area contributed by atoms with Crippen molar-refractivity contribution in [1.82, 2.24) is 0 Å². The molecule has 2 fully saturated rings. The molecule has 0 aromatic heterocycles. The third-order valence-electron chi connectivity index (χ3n) is 4.20. The van der Waals surface area contributed by atoms with Crippen LogP contribution in [0.25, 0.3) is 5.57 Å². The van der Waals surface area contributed by atoms with Gasteiger partial charge in [-0.05, 0) is 64.2 Å². The standard InChI is InChI=1S/C20H14.2C5H5.Zr/c1-4-10-17(11-5-1)16-20(18-12-6-2-7-13-18)19-14-8-3-9-15-19;2*1-2-4-5-3-1;/h1-14H;2*1-5H;/q-2;;;+2. The molecular weight excluding hydrogens is 452 g/mol. The first-order valence-corrected chi connectivity index (χ1v) is 9.98. The number of benzene rings is 3. The van der Waals surface area contributed by atoms with Gasteiger partial charge in [0.2, 0.25) is 0 Å². The van der Waals surface area contributed by atoms with Crippen LogP contribution in [0, 0.1) is 76.4 Å². The maximum absolute atomic E-state index is 3.50. The van der Waals surface area contributed by atoms with E-state index in [1.165, 1.54) is 0 Å². The summed E-state index contributed by atoms with van der Waals surface area (Å²) in [7, 11) is 0. The molecule has 1 heteroatoms. The van der Waals surface area contributed by atoms with E-state index in [1.54, 1.807) is 0 Å². The molecule has 2 aliphatic carbocycles. The number of hydrogen-bond donors (Lipinski definition) is 0. The van der Waals surface area contributed by atoms with Gasteiger partial charge >= 0.3 is 26.2 Å². The molecule has 2 saturated carbocycles. The quantitative estimate of drug-likeness (QED) is 0.288. The molecule has 0 saturated heterocycles. The normalized spacial score (nSPS) is 15.0. The van der Waals surface area contributed by atoms with Crippen molar-refractivity contribution in [1.29, 1.82) is 0 Å². The zero-order chi connectivity index (χ0) is 20.7. The Balaban J connectivity index is 0.000000254. The minimum atomic E-state index is 0. The van der Waals surface area contributed by atoms with Crippen molar-refractivity contribution in [3.8, 4) is 0 Å². The summed E-state index contributed by atoms with van der Waals surface area (Å²) in [6.45, 7) is 0. The van der Waals surface area contributed by atoms with Crippen LogP contribution in [0.15, 0.2) is 84.9 Å². The van der Waals surface area contributed by atoms with Crippen LogP contribution in [0.2, 0.25) is 0 Å². The molecule has 0 aliphatic heterocycles. The van der Waals surface area contributed by atoms with Gasteiger partial charge in [-0.3, -0.25) is 0 Å². The van der Waals surface area contributed by atoms with Crippen molar-refractivity contribution in [3.05, 3.63) is 178 Å². The first-order chi connectivity index (χ1) is 14.9. The fraction of sp³-hybridized carbons (Fsp3) is 0. The van der Waals surface area contributed by atoms with Crippen molar-refractivity contribution in [2.24, 2.45) is 0 Å². The molecule has 2 aliphatic rings. The Bertz CT molecular complexity index is 763. The van der Waals surface area contributed by atoms with E-state index in [4.69, 9.17) is 0 Å². The fourth-order valence-corrected chi connectivity index (χ4v) is 2.76. The second kappa shape index (κ2) is 16.0. The van der Waals surface area contributed by atoms with Crippen LogP contribution in [-0.2, 0) is 26.2 Å². The second-order valence-electron chi connectivity index (χ2n) is 6.43. The zero-order valence-corrected chi connectivity index (χ0v) is 19.8. The molecule has 148 valence electrons. The van der Waals surface area contributed by atoms with E-state index in [0.717, 1.165) is 22.3 Å². The Hall–Kier alpha value is -1.72. The number of rotatable bonds is 3. The predicted molar refractivity (Wildman–Crippen MR) is 126 cm³/mol. The van der Waals surface area contributed by atoms with Gasteiger partial charge in [0.15, 0.2) is 0 Å². The van der Waals surface area contributed by atoms with E-state index in [2.05, 4.69) is 42.5 Å². The summed E-state index contributed by atoms with van der Waals surface area (Å²) in [6, 6.07) is 31.8. The summed E-state index contributed by atoms with van der Waals surface area (Å²) in [5.74, 6) is 0. The molecule has 0 N–H and O–H groups in total. The number of hydrogen-bond acceptors (Lipinski definition) is 0. The summed E-state index contributed by atoms with van der Waals surface area (Å²) >= 11 is 0. The minimum Gasteiger partial charge on any atom is -0.209 e. The Morgan fingerprint density at radius 2 is 0.968 bits per heavy atom. The average molecular weight is 476 g/mol. The molecule has 31 heavy (non-hydrogen) atoms. The maximum atomic E-state index is 3.50. The summed E-state index contributed by atoms with van der Waals surface area (Å²) < 4.78 is 0. The molecule has 10 radical (unpaired) electrons. The van der Waals surface area contributed by atoms with Crippen molar-refractivity contribution in [3.63, 3.8) is 0 Å². The van der Waals surface area contributed by atoms with Crippen LogP contribution in [0.4, 0.5) is 0 Å². The van der Waals surface area contributed by atoms with Crippen LogP contribution < -0.4 is 0 Å². The van der Waals surface area contributed by atoms with Gasteiger partial charge in [-0.2, -0.15) is 35.9 Å². The molecule has 0 amide bonds. The van der Waals surface area contributed by atoms with Gasteiger partial charge in [-0.15, -0.1) is 29.3 Å². The van der Waals surface area contributed by atoms with Gasteiger partial charge in [0.05, 0.1) is 0 Å². The van der Waals surface area contributed by atoms with E-state index in [-0.39, 0.29) is 26.2 Å². The van der Waals surface area contributed by atoms with E-state index < -0.39 is 0 Å².